The van der Waals surface area contributed by atoms with Crippen molar-refractivity contribution in [1.82, 2.24) is 4.90 Å². The zero-order chi connectivity index (χ0) is 15.9. The molecule has 10 radical (unpaired) electrons. The Hall–Kier alpha value is 0.469. The molecular formula is C18H23FeNO2Se+2. The summed E-state index contributed by atoms with van der Waals surface area (Å²) >= 11 is 0.343. The molecule has 23 heavy (non-hydrogen) atoms. The maximum Gasteiger partial charge on any atom is 2.00 e. The van der Waals surface area contributed by atoms with Crippen molar-refractivity contribution in [3.8, 4) is 0 Å². The van der Waals surface area contributed by atoms with Gasteiger partial charge in [-0.15, -0.1) is 0 Å². The van der Waals surface area contributed by atoms with Crippen LogP contribution in [0.2, 0.25) is 4.82 Å². The van der Waals surface area contributed by atoms with Crippen molar-refractivity contribution in [1.29, 1.82) is 0 Å². The van der Waals surface area contributed by atoms with Crippen LogP contribution in [0.3, 0.4) is 0 Å². The van der Waals surface area contributed by atoms with Gasteiger partial charge >= 0.3 is 127 Å². The molecule has 1 aliphatic heterocycles. The predicted molar refractivity (Wildman–Crippen MR) is 89.1 cm³/mol. The van der Waals surface area contributed by atoms with Gasteiger partial charge in [-0.3, -0.25) is 0 Å². The van der Waals surface area contributed by atoms with Crippen LogP contribution in [0.4, 0.5) is 0 Å². The summed E-state index contributed by atoms with van der Waals surface area (Å²) in [4.78, 5) is 15.1. The smallest absolute Gasteiger partial charge is 0.0312 e. The van der Waals surface area contributed by atoms with Gasteiger partial charge in [-0.25, -0.2) is 0 Å². The minimum absolute atomic E-state index is 0. The number of carbonyl (C=O) groups excluding carboxylic acids is 1. The molecule has 0 spiro atoms. The van der Waals surface area contributed by atoms with Crippen molar-refractivity contribution >= 4 is 20.9 Å². The summed E-state index contributed by atoms with van der Waals surface area (Å²) in [5.41, 5.74) is 0. The average molecular weight is 420 g/mol. The molecule has 2 atom stereocenters. The monoisotopic (exact) mass is 421 g/mol. The average Bonchev–Trinajstić information content (AvgIpc) is 3.21. The fourth-order valence-corrected chi connectivity index (χ4v) is 4.83. The first-order chi connectivity index (χ1) is 10.6. The molecule has 2 aliphatic carbocycles. The van der Waals surface area contributed by atoms with E-state index in [0.717, 1.165) is 0 Å². The van der Waals surface area contributed by atoms with Gasteiger partial charge in [0.1, 0.15) is 0 Å². The number of rotatable bonds is 4. The van der Waals surface area contributed by atoms with Gasteiger partial charge in [-0.05, 0) is 32.1 Å². The van der Waals surface area contributed by atoms with Gasteiger partial charge < -0.3 is 0 Å². The van der Waals surface area contributed by atoms with Crippen LogP contribution in [-0.4, -0.2) is 52.6 Å². The quantitative estimate of drug-likeness (QED) is 0.516. The zero-order valence-corrected chi connectivity index (χ0v) is 16.5. The zero-order valence-electron chi connectivity index (χ0n) is 13.7. The second-order valence-electron chi connectivity index (χ2n) is 5.57. The number of hydrogen-bond donors (Lipinski definition) is 0. The Morgan fingerprint density at radius 1 is 1.13 bits per heavy atom. The molecule has 0 aromatic rings. The molecule has 0 aromatic heterocycles. The van der Waals surface area contributed by atoms with E-state index in [2.05, 4.69) is 45.2 Å². The predicted octanol–water partition coefficient (Wildman–Crippen LogP) is 2.13. The summed E-state index contributed by atoms with van der Waals surface area (Å²) < 4.78 is 5.03. The van der Waals surface area contributed by atoms with Crippen LogP contribution in [0.15, 0.2) is 0 Å². The van der Waals surface area contributed by atoms with Gasteiger partial charge in [0.2, 0.25) is 0 Å². The summed E-state index contributed by atoms with van der Waals surface area (Å²) in [6.45, 7) is 2.82. The Balaban J connectivity index is 0.000000377. The summed E-state index contributed by atoms with van der Waals surface area (Å²) in [5, 5.41) is 0. The van der Waals surface area contributed by atoms with E-state index < -0.39 is 0 Å². The Kier molecular flexibility index (Phi) is 10.4. The first-order valence-corrected chi connectivity index (χ1v) is 9.33. The second-order valence-corrected chi connectivity index (χ2v) is 8.39. The van der Waals surface area contributed by atoms with Crippen LogP contribution in [0, 0.1) is 62.1 Å². The molecule has 5 heteroatoms. The van der Waals surface area contributed by atoms with Crippen molar-refractivity contribution in [2.75, 3.05) is 20.7 Å². The van der Waals surface area contributed by atoms with Crippen molar-refractivity contribution in [3.05, 3.63) is 62.1 Å². The molecule has 3 nitrogen and oxygen atoms in total. The van der Waals surface area contributed by atoms with Crippen LogP contribution < -0.4 is 0 Å². The topological polar surface area (TPSA) is 29.5 Å². The molecule has 124 valence electrons. The number of cyclic esters (lactones) is 1. The summed E-state index contributed by atoms with van der Waals surface area (Å²) in [6.07, 6.45) is 17.1. The Labute approximate surface area is 159 Å². The summed E-state index contributed by atoms with van der Waals surface area (Å²) in [7, 11) is 4.19. The van der Waals surface area contributed by atoms with E-state index in [1.165, 1.54) is 10.7 Å². The third kappa shape index (κ3) is 7.08. The van der Waals surface area contributed by atoms with E-state index in [1.54, 1.807) is 0 Å². The van der Waals surface area contributed by atoms with Crippen LogP contribution >= 0.6 is 0 Å². The molecule has 0 unspecified atom stereocenters. The van der Waals surface area contributed by atoms with Crippen molar-refractivity contribution in [2.45, 2.75) is 24.2 Å². The normalized spacial score (nSPS) is 26.6. The molecule has 1 saturated heterocycles. The molecular weight excluding hydrogens is 397 g/mol. The van der Waals surface area contributed by atoms with E-state index >= 15 is 0 Å². The minimum Gasteiger partial charge on any atom is -0.0312 e. The minimum atomic E-state index is -0.0364. The molecule has 1 heterocycles. The first-order valence-electron chi connectivity index (χ1n) is 7.49. The van der Waals surface area contributed by atoms with E-state index in [-0.39, 0.29) is 23.0 Å². The largest absolute Gasteiger partial charge is 2.00 e. The van der Waals surface area contributed by atoms with Gasteiger partial charge in [-0.1, -0.05) is 0 Å². The Bertz CT molecular complexity index is 342. The third-order valence-corrected chi connectivity index (χ3v) is 6.35. The fourth-order valence-electron chi connectivity index (χ4n) is 2.21. The third-order valence-electron chi connectivity index (χ3n) is 3.71. The number of hydrogen-bond acceptors (Lipinski definition) is 3. The van der Waals surface area contributed by atoms with Crippen LogP contribution in [0.5, 0.6) is 0 Å². The van der Waals surface area contributed by atoms with Crippen LogP contribution in [0.25, 0.3) is 0 Å². The van der Waals surface area contributed by atoms with Gasteiger partial charge in [0.15, 0.2) is 0 Å². The SMILES string of the molecule is C[C@H]([C]1[CH][CH][CH][C]1[Se][C@H]1COC(=O)C1)N(C)C.[CH]1[CH][CH][CH][CH]1.[Fe+2]. The van der Waals surface area contributed by atoms with Crippen molar-refractivity contribution in [2.24, 2.45) is 0 Å². The molecule has 3 fully saturated rings. The summed E-state index contributed by atoms with van der Waals surface area (Å²) in [6, 6.07) is 0.430. The van der Waals surface area contributed by atoms with Gasteiger partial charge in [-0.2, -0.15) is 0 Å². The van der Waals surface area contributed by atoms with Crippen LogP contribution in [-0.2, 0) is 26.6 Å². The van der Waals surface area contributed by atoms with Crippen molar-refractivity contribution in [3.63, 3.8) is 0 Å². The van der Waals surface area contributed by atoms with Gasteiger partial charge in [0, 0.05) is 0 Å². The van der Waals surface area contributed by atoms with Crippen LogP contribution in [0.1, 0.15) is 13.3 Å². The number of esters is 1. The van der Waals surface area contributed by atoms with E-state index in [4.69, 9.17) is 4.74 Å². The second kappa shape index (κ2) is 11.2. The number of ether oxygens (including phenoxy) is 1. The maximum atomic E-state index is 11.1. The fraction of sp³-hybridized carbons (Fsp3) is 0.389. The number of nitrogens with zero attached hydrogens (tertiary/aromatic N) is 1. The van der Waals surface area contributed by atoms with Crippen molar-refractivity contribution < 1.29 is 26.6 Å². The van der Waals surface area contributed by atoms with Gasteiger partial charge in [0.05, 0.1) is 0 Å². The first kappa shape index (κ1) is 21.5. The molecule has 2 saturated carbocycles. The van der Waals surface area contributed by atoms with E-state index in [1.807, 2.05) is 32.1 Å². The maximum absolute atomic E-state index is 11.1. The Morgan fingerprint density at radius 2 is 1.74 bits per heavy atom. The molecule has 0 amide bonds. The van der Waals surface area contributed by atoms with Gasteiger partial charge in [0.25, 0.3) is 0 Å². The van der Waals surface area contributed by atoms with E-state index in [0.29, 0.717) is 38.8 Å². The standard InChI is InChI=1S/C13H18NO2Se.C5H5.Fe/c1-9(14(2)3)11-5-4-6-12(11)17-10-7-13(15)16-8-10;1-2-4-5-3-1;/h4-6,9-10H,7-8H2,1-3H3;1-5H;/q;;+2/t9-,10-;;/m1../s1. The molecule has 0 aromatic carbocycles. The number of carbonyl (C=O) groups is 1. The molecule has 3 aliphatic rings. The van der Waals surface area contributed by atoms with E-state index in [9.17, 15) is 4.79 Å². The molecule has 0 bridgehead atoms. The molecule has 0 N–H and O–H groups in total. The summed E-state index contributed by atoms with van der Waals surface area (Å²) in [5.74, 6) is 1.36. The Morgan fingerprint density at radius 3 is 2.22 bits per heavy atom. The molecule has 3 rings (SSSR count).